The fourth-order valence-corrected chi connectivity index (χ4v) is 8.40. The summed E-state index contributed by atoms with van der Waals surface area (Å²) in [6.07, 6.45) is 6.68. The number of benzene rings is 1. The van der Waals surface area contributed by atoms with Crippen LogP contribution in [0.2, 0.25) is 0 Å². The maximum absolute atomic E-state index is 13.5. The van der Waals surface area contributed by atoms with Gasteiger partial charge in [-0.05, 0) is 102 Å². The molecule has 0 aromatic heterocycles. The first-order valence-corrected chi connectivity index (χ1v) is 15.2. The predicted molar refractivity (Wildman–Crippen MR) is 143 cm³/mol. The number of hydrogen-bond acceptors (Lipinski definition) is 8. The molecule has 9 nitrogen and oxygen atoms in total. The molecule has 1 aromatic carbocycles. The first kappa shape index (κ1) is 28.1. The van der Waals surface area contributed by atoms with E-state index >= 15 is 0 Å². The van der Waals surface area contributed by atoms with Crippen LogP contribution in [0, 0.1) is 32.6 Å². The molecule has 5 unspecified atom stereocenters. The van der Waals surface area contributed by atoms with Gasteiger partial charge >= 0.3 is 5.97 Å². The fraction of sp³-hybridized carbons (Fsp3) is 0.655. The van der Waals surface area contributed by atoms with E-state index < -0.39 is 45.2 Å². The quantitative estimate of drug-likeness (QED) is 0.295. The zero-order valence-electron chi connectivity index (χ0n) is 23.5. The molecule has 1 aliphatic carbocycles. The molecule has 10 heteroatoms. The molecule has 1 aromatic rings. The smallest absolute Gasteiger partial charge is 0.339 e. The Kier molecular flexibility index (Phi) is 6.71. The molecule has 3 aliphatic heterocycles. The number of carbonyl (C=O) groups excluding carboxylic acids is 2. The number of rotatable bonds is 7. The Morgan fingerprint density at radius 1 is 1.13 bits per heavy atom. The highest BCUT2D eigenvalue weighted by Crippen LogP contribution is 2.53. The molecule has 2 N–H and O–H groups in total. The second-order valence-corrected chi connectivity index (χ2v) is 13.8. The van der Waals surface area contributed by atoms with Gasteiger partial charge in [0.2, 0.25) is 11.4 Å². The third-order valence-corrected chi connectivity index (χ3v) is 11.0. The molecule has 3 heterocycles. The van der Waals surface area contributed by atoms with Gasteiger partial charge in [0.25, 0.3) is 10.1 Å². The summed E-state index contributed by atoms with van der Waals surface area (Å²) in [6.45, 7) is 10.8. The average molecular weight is 562 g/mol. The second-order valence-electron chi connectivity index (χ2n) is 12.3. The Balaban J connectivity index is 1.35. The summed E-state index contributed by atoms with van der Waals surface area (Å²) < 4.78 is 44.2. The van der Waals surface area contributed by atoms with E-state index in [4.69, 9.17) is 13.7 Å². The van der Waals surface area contributed by atoms with Crippen molar-refractivity contribution in [3.63, 3.8) is 0 Å². The Morgan fingerprint density at radius 3 is 2.49 bits per heavy atom. The van der Waals surface area contributed by atoms with Crippen molar-refractivity contribution in [1.29, 1.82) is 0 Å². The van der Waals surface area contributed by atoms with E-state index in [0.29, 0.717) is 24.0 Å². The van der Waals surface area contributed by atoms with E-state index in [0.717, 1.165) is 36.1 Å². The Labute approximate surface area is 230 Å². The second kappa shape index (κ2) is 9.31. The van der Waals surface area contributed by atoms with Gasteiger partial charge in [-0.2, -0.15) is 8.42 Å². The molecule has 39 heavy (non-hydrogen) atoms. The van der Waals surface area contributed by atoms with Crippen LogP contribution in [0.3, 0.4) is 0 Å². The maximum atomic E-state index is 13.5. The first-order chi connectivity index (χ1) is 18.2. The molecule has 1 amide bonds. The number of allylic oxidation sites excluding steroid dienone is 1. The van der Waals surface area contributed by atoms with Crippen LogP contribution in [0.1, 0.15) is 75.1 Å². The van der Waals surface area contributed by atoms with Crippen LogP contribution >= 0.6 is 0 Å². The summed E-state index contributed by atoms with van der Waals surface area (Å²) in [5.41, 5.74) is -0.361. The van der Waals surface area contributed by atoms with Gasteiger partial charge in [0, 0.05) is 5.92 Å². The third-order valence-electron chi connectivity index (χ3n) is 9.41. The molecule has 214 valence electrons. The largest absolute Gasteiger partial charge is 0.487 e. The van der Waals surface area contributed by atoms with Crippen LogP contribution in [0.5, 0.6) is 5.75 Å². The summed E-state index contributed by atoms with van der Waals surface area (Å²) in [6, 6.07) is 0. The average Bonchev–Trinajstić information content (AvgIpc) is 3.04. The van der Waals surface area contributed by atoms with Gasteiger partial charge in [0.05, 0.1) is 18.6 Å². The predicted octanol–water partition coefficient (Wildman–Crippen LogP) is 3.33. The molecule has 2 fully saturated rings. The van der Waals surface area contributed by atoms with Gasteiger partial charge in [-0.15, -0.1) is 0 Å². The van der Waals surface area contributed by atoms with Crippen LogP contribution in [0.15, 0.2) is 17.0 Å². The summed E-state index contributed by atoms with van der Waals surface area (Å²) in [7, 11) is -4.16. The van der Waals surface area contributed by atoms with Crippen molar-refractivity contribution in [2.24, 2.45) is 11.8 Å². The van der Waals surface area contributed by atoms with E-state index in [1.165, 1.54) is 0 Å². The highest BCUT2D eigenvalue weighted by Gasteiger charge is 2.79. The molecule has 5 rings (SSSR count). The fourth-order valence-electron chi connectivity index (χ4n) is 6.94. The summed E-state index contributed by atoms with van der Waals surface area (Å²) >= 11 is 0. The van der Waals surface area contributed by atoms with E-state index in [2.05, 4.69) is 5.32 Å². The minimum Gasteiger partial charge on any atom is -0.487 e. The minimum absolute atomic E-state index is 0.00311. The normalized spacial score (nSPS) is 31.9. The summed E-state index contributed by atoms with van der Waals surface area (Å²) in [5, 5.41) is 14.0. The standard InChI is InChI=1S/C29H39NO8S/c1-16-17(2)23(18(3)20-12-14-27(4,5)37-22(16)20)39(34,35)36-15-13-21-25(32)30-29(26(33)38-28(21,29)6)24(31)19-10-8-7-9-11-19/h8,10,19,21,24,31H,7,9,11-15H2,1-6H3,(H,30,32). The molecule has 5 atom stereocenters. The summed E-state index contributed by atoms with van der Waals surface area (Å²) in [4.78, 5) is 25.9. The van der Waals surface area contributed by atoms with E-state index in [1.807, 2.05) is 32.9 Å². The lowest BCUT2D eigenvalue weighted by Gasteiger charge is -2.54. The molecular formula is C29H39NO8S. The Bertz CT molecular complexity index is 1370. The number of esters is 1. The summed E-state index contributed by atoms with van der Waals surface area (Å²) in [5.74, 6) is -1.53. The van der Waals surface area contributed by atoms with E-state index in [1.54, 1.807) is 20.8 Å². The Morgan fingerprint density at radius 2 is 1.85 bits per heavy atom. The van der Waals surface area contributed by atoms with Crippen LogP contribution < -0.4 is 10.1 Å². The monoisotopic (exact) mass is 561 g/mol. The molecule has 0 saturated carbocycles. The maximum Gasteiger partial charge on any atom is 0.339 e. The number of hydrogen-bond donors (Lipinski definition) is 2. The van der Waals surface area contributed by atoms with Crippen LogP contribution in [-0.2, 0) is 35.0 Å². The van der Waals surface area contributed by atoms with Crippen molar-refractivity contribution in [2.75, 3.05) is 6.61 Å². The lowest BCUT2D eigenvalue weighted by atomic mass is 9.64. The number of amides is 1. The van der Waals surface area contributed by atoms with Gasteiger partial charge in [0.15, 0.2) is 5.60 Å². The highest BCUT2D eigenvalue weighted by atomic mass is 32.2. The first-order valence-electron chi connectivity index (χ1n) is 13.8. The highest BCUT2D eigenvalue weighted by molar-refractivity contribution is 7.86. The van der Waals surface area contributed by atoms with E-state index in [9.17, 15) is 23.1 Å². The molecular weight excluding hydrogens is 522 g/mol. The number of aliphatic hydroxyl groups excluding tert-OH is 1. The zero-order chi connectivity index (χ0) is 28.5. The number of carbonyl (C=O) groups is 2. The van der Waals surface area contributed by atoms with Crippen molar-refractivity contribution >= 4 is 22.0 Å². The number of fused-ring (bicyclic) bond motifs is 2. The van der Waals surface area contributed by atoms with Gasteiger partial charge < -0.3 is 19.9 Å². The van der Waals surface area contributed by atoms with Crippen LogP contribution in [0.25, 0.3) is 0 Å². The van der Waals surface area contributed by atoms with Gasteiger partial charge in [-0.1, -0.05) is 12.2 Å². The van der Waals surface area contributed by atoms with Crippen molar-refractivity contribution in [3.05, 3.63) is 34.4 Å². The van der Waals surface area contributed by atoms with Crippen molar-refractivity contribution < 1.29 is 36.8 Å². The lowest BCUT2D eigenvalue weighted by molar-refractivity contribution is -0.238. The molecule has 2 saturated heterocycles. The van der Waals surface area contributed by atoms with Crippen molar-refractivity contribution in [1.82, 2.24) is 5.32 Å². The molecule has 0 spiro atoms. The zero-order valence-corrected chi connectivity index (χ0v) is 24.4. The van der Waals surface area contributed by atoms with Crippen molar-refractivity contribution in [3.8, 4) is 5.75 Å². The van der Waals surface area contributed by atoms with Gasteiger partial charge in [0.1, 0.15) is 16.2 Å². The minimum atomic E-state index is -4.16. The number of nitrogens with one attached hydrogen (secondary N) is 1. The number of ether oxygens (including phenoxy) is 2. The molecule has 4 aliphatic rings. The van der Waals surface area contributed by atoms with Crippen LogP contribution in [0.4, 0.5) is 0 Å². The molecule has 0 bridgehead atoms. The van der Waals surface area contributed by atoms with E-state index in [-0.39, 0.29) is 29.4 Å². The number of aliphatic hydroxyl groups is 1. The topological polar surface area (TPSA) is 128 Å². The van der Waals surface area contributed by atoms with Gasteiger partial charge in [-0.25, -0.2) is 4.79 Å². The van der Waals surface area contributed by atoms with Crippen molar-refractivity contribution in [2.45, 2.75) is 108 Å². The SMILES string of the molecule is Cc1c(C)c(S(=O)(=O)OCCC2C(=O)NC3(C(O)C4C=CCCC4)C(=O)OC23C)c(C)c2c1OC(C)(C)CC2. The van der Waals surface area contributed by atoms with Crippen LogP contribution in [-0.4, -0.2) is 54.9 Å². The lowest BCUT2D eigenvalue weighted by Crippen LogP contribution is -2.80. The molecule has 0 radical (unpaired) electrons. The Hall–Kier alpha value is -2.43. The van der Waals surface area contributed by atoms with Gasteiger partial charge in [-0.3, -0.25) is 8.98 Å². The third kappa shape index (κ3) is 4.13.